The van der Waals surface area contributed by atoms with E-state index >= 15 is 0 Å². The van der Waals surface area contributed by atoms with Crippen LogP contribution in [0.1, 0.15) is 36.6 Å². The number of rotatable bonds is 3. The summed E-state index contributed by atoms with van der Waals surface area (Å²) in [6, 6.07) is 10.3. The Bertz CT molecular complexity index is 848. The minimum atomic E-state index is 0.573. The Labute approximate surface area is 153 Å². The first kappa shape index (κ1) is 17.7. The van der Waals surface area contributed by atoms with Gasteiger partial charge in [-0.25, -0.2) is 4.99 Å². The van der Waals surface area contributed by atoms with E-state index in [2.05, 4.69) is 46.3 Å². The average molecular weight is 355 g/mol. The number of hydrogen-bond donors (Lipinski definition) is 2. The second-order valence-corrected chi connectivity index (χ2v) is 7.14. The van der Waals surface area contributed by atoms with Crippen molar-refractivity contribution < 1.29 is 0 Å². The highest BCUT2D eigenvalue weighted by molar-refractivity contribution is 7.12. The Morgan fingerprint density at radius 1 is 1.32 bits per heavy atom. The van der Waals surface area contributed by atoms with Crippen LogP contribution in [0.5, 0.6) is 0 Å². The van der Waals surface area contributed by atoms with Gasteiger partial charge in [-0.2, -0.15) is 0 Å². The van der Waals surface area contributed by atoms with E-state index in [1.807, 2.05) is 31.4 Å². The Morgan fingerprint density at radius 3 is 2.84 bits per heavy atom. The van der Waals surface area contributed by atoms with Gasteiger partial charge in [0.1, 0.15) is 5.84 Å². The van der Waals surface area contributed by atoms with Crippen molar-refractivity contribution >= 4 is 33.8 Å². The summed E-state index contributed by atoms with van der Waals surface area (Å²) < 4.78 is 0. The number of aliphatic imine (C=N–C) groups is 1. The van der Waals surface area contributed by atoms with E-state index < -0.39 is 0 Å². The number of H-pyrrole nitrogens is 1. The maximum Gasteiger partial charge on any atom is 0.141 e. The number of hydrogen-bond acceptors (Lipinski definition) is 3. The first-order valence-corrected chi connectivity index (χ1v) is 9.76. The fraction of sp³-hybridized carbons (Fsp3) is 0.350. The number of benzene rings is 1. The highest BCUT2D eigenvalue weighted by atomic mass is 32.1. The Balaban J connectivity index is 0.000000880. The van der Waals surface area contributed by atoms with E-state index in [1.54, 1.807) is 11.3 Å². The second kappa shape index (κ2) is 7.85. The van der Waals surface area contributed by atoms with Crippen LogP contribution in [-0.4, -0.2) is 35.9 Å². The molecule has 1 atom stereocenters. The fourth-order valence-corrected chi connectivity index (χ4v) is 3.98. The summed E-state index contributed by atoms with van der Waals surface area (Å²) in [5.41, 5.74) is 9.53. The van der Waals surface area contributed by atoms with Gasteiger partial charge in [0.25, 0.3) is 0 Å². The van der Waals surface area contributed by atoms with Crippen LogP contribution in [-0.2, 0) is 0 Å². The highest BCUT2D eigenvalue weighted by Gasteiger charge is 2.23. The fourth-order valence-electron chi connectivity index (χ4n) is 3.35. The van der Waals surface area contributed by atoms with Gasteiger partial charge in [-0.05, 0) is 55.1 Å². The molecule has 1 saturated heterocycles. The van der Waals surface area contributed by atoms with E-state index in [0.29, 0.717) is 11.8 Å². The van der Waals surface area contributed by atoms with Crippen molar-refractivity contribution in [3.05, 3.63) is 52.3 Å². The van der Waals surface area contributed by atoms with E-state index in [-0.39, 0.29) is 0 Å². The monoisotopic (exact) mass is 354 g/mol. The second-order valence-electron chi connectivity index (χ2n) is 6.20. The minimum absolute atomic E-state index is 0.573. The standard InChI is InChI=1S/C18H20N4S.C2H6/c1-22-7-6-12(11-22)15-10-20-16-9-13(4-5-14(15)16)21-18(19)17-3-2-8-23-17;1-2/h2-5,8-10,12,20H,6-7,11H2,1H3,(H2,19,21);1-2H3. The molecule has 1 aromatic carbocycles. The zero-order valence-corrected chi connectivity index (χ0v) is 15.9. The van der Waals surface area contributed by atoms with Crippen LogP contribution in [0.4, 0.5) is 5.69 Å². The van der Waals surface area contributed by atoms with Gasteiger partial charge in [0.05, 0.1) is 10.6 Å². The van der Waals surface area contributed by atoms with E-state index in [1.165, 1.54) is 23.9 Å². The maximum atomic E-state index is 6.08. The lowest BCUT2D eigenvalue weighted by Gasteiger charge is -2.09. The molecule has 1 fully saturated rings. The minimum Gasteiger partial charge on any atom is -0.383 e. The van der Waals surface area contributed by atoms with Crippen molar-refractivity contribution in [3.63, 3.8) is 0 Å². The first-order valence-electron chi connectivity index (χ1n) is 8.88. The smallest absolute Gasteiger partial charge is 0.141 e. The number of aromatic amines is 1. The number of nitrogens with two attached hydrogens (primary N) is 1. The van der Waals surface area contributed by atoms with Gasteiger partial charge in [0.15, 0.2) is 0 Å². The first-order chi connectivity index (χ1) is 12.2. The van der Waals surface area contributed by atoms with Crippen molar-refractivity contribution in [3.8, 4) is 0 Å². The summed E-state index contributed by atoms with van der Waals surface area (Å²) in [6.07, 6.45) is 3.39. The molecule has 1 aliphatic heterocycles. The number of fused-ring (bicyclic) bond motifs is 1. The molecule has 0 spiro atoms. The van der Waals surface area contributed by atoms with Crippen molar-refractivity contribution in [2.75, 3.05) is 20.1 Å². The summed E-state index contributed by atoms with van der Waals surface area (Å²) >= 11 is 1.61. The molecular weight excluding hydrogens is 328 g/mol. The summed E-state index contributed by atoms with van der Waals surface area (Å²) in [5, 5.41) is 3.32. The molecule has 4 nitrogen and oxygen atoms in total. The quantitative estimate of drug-likeness (QED) is 0.528. The third kappa shape index (κ3) is 3.78. The molecule has 2 aromatic heterocycles. The topological polar surface area (TPSA) is 57.4 Å². The molecule has 3 aromatic rings. The zero-order valence-electron chi connectivity index (χ0n) is 15.1. The van der Waals surface area contributed by atoms with Crippen LogP contribution in [0.25, 0.3) is 10.9 Å². The summed E-state index contributed by atoms with van der Waals surface area (Å²) in [4.78, 5) is 11.3. The van der Waals surface area contributed by atoms with Crippen LogP contribution < -0.4 is 5.73 Å². The SMILES string of the molecule is CC.CN1CCC(c2c[nH]c3cc(N=C(N)c4cccs4)ccc23)C1. The molecule has 1 aliphatic rings. The molecule has 0 bridgehead atoms. The van der Waals surface area contributed by atoms with E-state index in [4.69, 9.17) is 5.73 Å². The van der Waals surface area contributed by atoms with Gasteiger partial charge < -0.3 is 15.6 Å². The molecule has 0 saturated carbocycles. The van der Waals surface area contributed by atoms with Crippen LogP contribution in [0, 0.1) is 0 Å². The van der Waals surface area contributed by atoms with Gasteiger partial charge >= 0.3 is 0 Å². The molecule has 5 heteroatoms. The molecule has 1 unspecified atom stereocenters. The van der Waals surface area contributed by atoms with Gasteiger partial charge in [-0.15, -0.1) is 11.3 Å². The Morgan fingerprint density at radius 2 is 2.16 bits per heavy atom. The van der Waals surface area contributed by atoms with Crippen LogP contribution >= 0.6 is 11.3 Å². The molecular formula is C20H26N4S. The lowest BCUT2D eigenvalue weighted by Crippen LogP contribution is -2.13. The van der Waals surface area contributed by atoms with Crippen molar-refractivity contribution in [2.45, 2.75) is 26.2 Å². The number of nitrogens with zero attached hydrogens (tertiary/aromatic N) is 2. The van der Waals surface area contributed by atoms with Crippen LogP contribution in [0.15, 0.2) is 46.9 Å². The predicted octanol–water partition coefficient (Wildman–Crippen LogP) is 4.71. The lowest BCUT2D eigenvalue weighted by atomic mass is 9.98. The van der Waals surface area contributed by atoms with E-state index in [9.17, 15) is 0 Å². The predicted molar refractivity (Wildman–Crippen MR) is 109 cm³/mol. The molecule has 4 rings (SSSR count). The van der Waals surface area contributed by atoms with Gasteiger partial charge in [-0.1, -0.05) is 26.0 Å². The largest absolute Gasteiger partial charge is 0.383 e. The number of amidine groups is 1. The average Bonchev–Trinajstić information content (AvgIpc) is 3.36. The van der Waals surface area contributed by atoms with Crippen molar-refractivity contribution in [1.29, 1.82) is 0 Å². The van der Waals surface area contributed by atoms with Crippen LogP contribution in [0.3, 0.4) is 0 Å². The lowest BCUT2D eigenvalue weighted by molar-refractivity contribution is 0.412. The van der Waals surface area contributed by atoms with Crippen LogP contribution in [0.2, 0.25) is 0 Å². The number of nitrogens with one attached hydrogen (secondary N) is 1. The zero-order chi connectivity index (χ0) is 17.8. The molecule has 0 aliphatic carbocycles. The molecule has 25 heavy (non-hydrogen) atoms. The number of likely N-dealkylation sites (N-methyl/N-ethyl adjacent to an activating group) is 1. The molecule has 0 amide bonds. The number of thiophene rings is 1. The summed E-state index contributed by atoms with van der Waals surface area (Å²) in [5.74, 6) is 1.20. The molecule has 132 valence electrons. The third-order valence-corrected chi connectivity index (χ3v) is 5.44. The van der Waals surface area contributed by atoms with Crippen molar-refractivity contribution in [1.82, 2.24) is 9.88 Å². The van der Waals surface area contributed by atoms with Gasteiger partial charge in [0, 0.05) is 23.6 Å². The number of likely N-dealkylation sites (tertiary alicyclic amines) is 1. The summed E-state index contributed by atoms with van der Waals surface area (Å²) in [6.45, 7) is 6.31. The molecule has 0 radical (unpaired) electrons. The normalized spacial score (nSPS) is 18.4. The van der Waals surface area contributed by atoms with Gasteiger partial charge in [0.2, 0.25) is 0 Å². The Hall–Kier alpha value is -2.11. The van der Waals surface area contributed by atoms with Crippen molar-refractivity contribution in [2.24, 2.45) is 10.7 Å². The summed E-state index contributed by atoms with van der Waals surface area (Å²) in [7, 11) is 2.19. The third-order valence-electron chi connectivity index (χ3n) is 4.55. The van der Waals surface area contributed by atoms with E-state index in [0.717, 1.165) is 22.6 Å². The Kier molecular flexibility index (Phi) is 5.56. The molecule has 3 heterocycles. The number of aromatic nitrogens is 1. The highest BCUT2D eigenvalue weighted by Crippen LogP contribution is 2.33. The maximum absolute atomic E-state index is 6.08. The van der Waals surface area contributed by atoms with Gasteiger partial charge in [-0.3, -0.25) is 0 Å². The molecule has 3 N–H and O–H groups in total.